The number of hydrogen-bond donors (Lipinski definition) is 14. The van der Waals surface area contributed by atoms with E-state index in [1.807, 2.05) is 12.1 Å². The molecule has 14 N–H and O–H groups in total. The number of benzene rings is 7. The number of anilines is 4. The van der Waals surface area contributed by atoms with Gasteiger partial charge in [-0.2, -0.15) is 38.7 Å². The fourth-order valence-electron chi connectivity index (χ4n) is 12.6. The molecule has 0 spiro atoms. The number of rotatable bonds is 21. The fraction of sp³-hybridized carbons (Fsp3) is 0.170. The van der Waals surface area contributed by atoms with Gasteiger partial charge in [0.25, 0.3) is 29.5 Å². The van der Waals surface area contributed by atoms with Crippen LogP contribution in [0.3, 0.4) is 0 Å². The summed E-state index contributed by atoms with van der Waals surface area (Å²) < 4.78 is 50.6. The molecule has 0 aliphatic carbocycles. The Labute approximate surface area is 867 Å². The third-order valence-corrected chi connectivity index (χ3v) is 26.4. The van der Waals surface area contributed by atoms with Gasteiger partial charge in [-0.1, -0.05) is 118 Å². The molecule has 8 heterocycles. The average Bonchev–Trinajstić information content (AvgIpc) is 1.67. The van der Waals surface area contributed by atoms with E-state index < -0.39 is 42.0 Å². The molecule has 1 unspecified atom stereocenters. The number of aryl methyl sites for hydroxylation is 1. The minimum atomic E-state index is -4.46. The number of aromatic hydroxyl groups is 3. The number of ether oxygens (including phenoxy) is 2. The summed E-state index contributed by atoms with van der Waals surface area (Å²) in [6.07, 6.45) is -6.04. The van der Waals surface area contributed by atoms with Crippen LogP contribution in [0.4, 0.5) is 35.9 Å². The molecule has 7 aromatic carbocycles. The smallest absolute Gasteiger partial charge is 0.871 e. The first-order valence-electron chi connectivity index (χ1n) is 39.3. The summed E-state index contributed by atoms with van der Waals surface area (Å²) in [6.45, 7) is 9.76. The van der Waals surface area contributed by atoms with E-state index in [4.69, 9.17) is 109 Å². The minimum Gasteiger partial charge on any atom is -0.871 e. The van der Waals surface area contributed by atoms with Gasteiger partial charge in [0, 0.05) is 89.1 Å². The number of halogens is 9. The van der Waals surface area contributed by atoms with Crippen LogP contribution in [0.2, 0.25) is 30.1 Å². The van der Waals surface area contributed by atoms with Crippen LogP contribution in [0.1, 0.15) is 103 Å². The molecular formula is C88H75Cl6F3KN17O14S6. The zero-order valence-electron chi connectivity index (χ0n) is 71.5. The van der Waals surface area contributed by atoms with Gasteiger partial charge < -0.3 is 66.3 Å². The Morgan fingerprint density at radius 3 is 1.44 bits per heavy atom. The van der Waals surface area contributed by atoms with E-state index in [9.17, 15) is 67.5 Å². The molecule has 0 bridgehead atoms. The molecule has 31 nitrogen and oxygen atoms in total. The van der Waals surface area contributed by atoms with Crippen LogP contribution in [0.25, 0.3) is 42.6 Å². The number of hydrazine groups is 1. The topological polar surface area (TPSA) is 427 Å². The Kier molecular flexibility index (Phi) is 36.7. The number of carboxylic acid groups (broad SMARTS) is 1. The van der Waals surface area contributed by atoms with Crippen LogP contribution in [0.15, 0.2) is 188 Å². The van der Waals surface area contributed by atoms with Crippen molar-refractivity contribution in [1.29, 1.82) is 0 Å². The van der Waals surface area contributed by atoms with Crippen molar-refractivity contribution in [2.24, 2.45) is 27.5 Å². The van der Waals surface area contributed by atoms with E-state index in [1.165, 1.54) is 75.1 Å². The van der Waals surface area contributed by atoms with Crippen LogP contribution in [0.5, 0.6) is 34.5 Å². The van der Waals surface area contributed by atoms with Crippen molar-refractivity contribution in [2.45, 2.75) is 46.4 Å². The maximum atomic E-state index is 12.9. The van der Waals surface area contributed by atoms with Gasteiger partial charge in [0.1, 0.15) is 28.7 Å². The number of nitrogens with zero attached hydrogens (tertiary/aromatic N) is 8. The summed E-state index contributed by atoms with van der Waals surface area (Å²) in [7, 11) is 3.60. The molecule has 15 rings (SSSR count). The number of thiocarbonyl (C=S) groups is 2. The molecule has 135 heavy (non-hydrogen) atoms. The third kappa shape index (κ3) is 27.6. The summed E-state index contributed by atoms with van der Waals surface area (Å²) in [6, 6.07) is 39.0. The number of piperazine rings is 1. The third-order valence-electron chi connectivity index (χ3n) is 19.6. The zero-order valence-corrected chi connectivity index (χ0v) is 84.1. The molecule has 47 heteroatoms. The van der Waals surface area contributed by atoms with Crippen LogP contribution in [-0.4, -0.2) is 160 Å². The summed E-state index contributed by atoms with van der Waals surface area (Å²) >= 11 is 51.6. The molecule has 1 saturated heterocycles. The van der Waals surface area contributed by atoms with Gasteiger partial charge in [-0.25, -0.2) is 15.9 Å². The Balaban J connectivity index is 0.000000173. The maximum absolute atomic E-state index is 12.9. The number of carboxylic acids is 1. The van der Waals surface area contributed by atoms with Crippen LogP contribution in [-0.2, 0) is 27.6 Å². The number of carbonyl (C=O) groups excluding carboxylic acids is 5. The number of thiophene rings is 4. The first kappa shape index (κ1) is 105. The molecule has 0 saturated carbocycles. The summed E-state index contributed by atoms with van der Waals surface area (Å²) in [5, 5.41) is 105. The predicted octanol–water partition coefficient (Wildman–Crippen LogP) is 15.3. The SMILES string of the molecule is C/C(=N\NC(=O)c1ccc(C(=O)NN2CCN(C)CC2)s1)c1csc(-c2ccc(Cl)c(Cl)c2)c1[O-].C/C(=N\NC(=O)c1ccc(C(O)CC(=O)O)cc1)c1csc(-c2ccc(Cl)c(Cl)c2)c1O.C/C(=N\NC(=S)Nc1ccc2c(c1)OCC(=O)N2)c1csc(-c2ccc(Cl)c(Cl)c2)c1O.C/C(=N\NC(=S)Nc1ccc2c(c1)OCC(=O)N2)c1nn(C)c(-c2ccc(C(F)(F)F)cc2)c1O.[K+]. The first-order chi connectivity index (χ1) is 63.7. The van der Waals surface area contributed by atoms with Crippen molar-refractivity contribution in [3.8, 4) is 77.1 Å². The number of nitrogens with one attached hydrogen (secondary N) is 9. The average molecular weight is 2100 g/mol. The number of carbonyl (C=O) groups is 6. The van der Waals surface area contributed by atoms with Crippen molar-refractivity contribution in [2.75, 3.05) is 67.7 Å². The Bertz CT molecular complexity index is 6650. The van der Waals surface area contributed by atoms with E-state index in [-0.39, 0.29) is 138 Å². The number of aliphatic carboxylic acids is 1. The number of aromatic nitrogens is 2. The molecule has 0 radical (unpaired) electrons. The molecule has 12 aromatic rings. The van der Waals surface area contributed by atoms with Crippen molar-refractivity contribution in [3.05, 3.63) is 247 Å². The number of alkyl halides is 3. The second-order valence-corrected chi connectivity index (χ2v) is 36.1. The van der Waals surface area contributed by atoms with Gasteiger partial charge >= 0.3 is 63.5 Å². The van der Waals surface area contributed by atoms with Crippen molar-refractivity contribution in [1.82, 2.24) is 46.8 Å². The minimum absolute atomic E-state index is 0. The molecule has 3 aliphatic heterocycles. The number of likely N-dealkylation sites (N-methyl/N-ethyl adjacent to an activating group) is 1. The molecule has 1 atom stereocenters. The number of aliphatic hydroxyl groups excluding tert-OH is 1. The van der Waals surface area contributed by atoms with E-state index in [2.05, 4.69) is 78.8 Å². The van der Waals surface area contributed by atoms with Gasteiger partial charge in [-0.05, 0) is 184 Å². The first-order valence-corrected chi connectivity index (χ1v) is 45.9. The second-order valence-electron chi connectivity index (χ2n) is 29.1. The van der Waals surface area contributed by atoms with E-state index in [1.54, 1.807) is 154 Å². The predicted molar refractivity (Wildman–Crippen MR) is 526 cm³/mol. The molecule has 5 amide bonds. The molecule has 3 aliphatic rings. The number of aliphatic hydroxyl groups is 1. The quantitative estimate of drug-likeness (QED) is 0.0137. The molecule has 696 valence electrons. The fourth-order valence-corrected chi connectivity index (χ4v) is 17.6. The van der Waals surface area contributed by atoms with E-state index in [0.717, 1.165) is 55.2 Å². The normalized spacial score (nSPS) is 13.5. The molecule has 1 fully saturated rings. The Morgan fingerprint density at radius 1 is 0.541 bits per heavy atom. The van der Waals surface area contributed by atoms with Crippen molar-refractivity contribution in [3.63, 3.8) is 0 Å². The van der Waals surface area contributed by atoms with Gasteiger partial charge in [-0.3, -0.25) is 49.7 Å². The Hall–Kier alpha value is -10.7. The number of hydrogen-bond acceptors (Lipinski definition) is 26. The van der Waals surface area contributed by atoms with E-state index in [0.29, 0.717) is 145 Å². The Morgan fingerprint density at radius 2 is 0.970 bits per heavy atom. The number of hydrazone groups is 4. The van der Waals surface area contributed by atoms with Gasteiger partial charge in [0.15, 0.2) is 34.9 Å². The summed E-state index contributed by atoms with van der Waals surface area (Å²) in [5.74, 6) is -2.04. The zero-order chi connectivity index (χ0) is 96.7. The van der Waals surface area contributed by atoms with Gasteiger partial charge in [0.2, 0.25) is 0 Å². The maximum Gasteiger partial charge on any atom is 1.00 e. The van der Waals surface area contributed by atoms with Crippen LogP contribution < -0.4 is 114 Å². The summed E-state index contributed by atoms with van der Waals surface area (Å²) in [5.41, 5.74) is 21.4. The summed E-state index contributed by atoms with van der Waals surface area (Å²) in [4.78, 5) is 75.6. The largest absolute Gasteiger partial charge is 1.00 e. The van der Waals surface area contributed by atoms with E-state index >= 15 is 0 Å². The second kappa shape index (κ2) is 47.4. The number of amides is 5. The van der Waals surface area contributed by atoms with Crippen LogP contribution >= 0.6 is 139 Å². The van der Waals surface area contributed by atoms with Crippen molar-refractivity contribution >= 4 is 231 Å². The number of fused-ring (bicyclic) bond motifs is 2. The standard InChI is InChI=1S/C23H23Cl2N5O3S2.C22H18Cl2N2O5S.C22H19F3N6O3S.C21H16Cl2N4O3S2.K/c1-13(15-12-34-21(20(15)31)14-3-4-16(24)17(25)11-14)26-27-22(32)18-5-6-19(35-18)23(33)28-30-9-7-29(2)8-10-30;1-11(15-10-32-21(20(15)30)14-6-7-16(23)17(24)8-14)25-26-22(31)13-4-2-12(3-5-13)18(27)9-19(28)29;1-11(28-29-21(35)26-14-7-8-15-16(9-14)34-10-17(32)27-15)18-20(33)19(31(2)30-18)12-3-5-13(6-4-12)22(23,24)25;1-10(13-9-32-20(19(13)29)11-2-4-14(22)15(23)6-11)26-27-21(31)24-12-3-5-16-17(7-12)30-8-18(28)25-16;/h3-6,11-12,31H,7-10H2,1-2H3,(H,27,32)(H,28,33);2-8,10,18,27,30H,9H2,1H3,(H,26,31)(H,28,29);3-9,33H,10H2,1-2H3,(H,27,32)(H2,26,29,35);2-7,9,29H,8H2,1H3,(H,25,28)(H2,24,27,31);/q;;;;+1/p-1/b26-13+;25-11+;28-11+;26-10+;. The van der Waals surface area contributed by atoms with Crippen molar-refractivity contribution < 1.29 is 133 Å². The molecule has 5 aromatic heterocycles. The molecular weight excluding hydrogens is 2020 g/mol. The van der Waals surface area contributed by atoms with Gasteiger partial charge in [0.05, 0.1) is 113 Å². The monoisotopic (exact) mass is 2090 g/mol. The van der Waals surface area contributed by atoms with Crippen LogP contribution in [0, 0.1) is 0 Å². The van der Waals surface area contributed by atoms with Gasteiger partial charge in [-0.15, -0.1) is 45.3 Å².